The number of carbonyl (C=O) groups is 3. The number of furan rings is 1. The topological polar surface area (TPSA) is 101 Å². The third-order valence-corrected chi connectivity index (χ3v) is 5.16. The molecule has 1 aromatic heterocycles. The van der Waals surface area contributed by atoms with E-state index in [0.717, 1.165) is 5.56 Å². The van der Waals surface area contributed by atoms with E-state index in [0.29, 0.717) is 48.5 Å². The maximum absolute atomic E-state index is 13.0. The van der Waals surface area contributed by atoms with Crippen LogP contribution in [0.25, 0.3) is 17.0 Å². The van der Waals surface area contributed by atoms with Crippen molar-refractivity contribution in [2.45, 2.75) is 0 Å². The number of para-hydroxylation sites is 1. The molecule has 1 fully saturated rings. The molecule has 0 bridgehead atoms. The van der Waals surface area contributed by atoms with Gasteiger partial charge in [-0.1, -0.05) is 24.3 Å². The maximum Gasteiger partial charge on any atom is 0.291 e. The van der Waals surface area contributed by atoms with Crippen LogP contribution in [-0.2, 0) is 9.53 Å². The van der Waals surface area contributed by atoms with Crippen LogP contribution in [0.1, 0.15) is 26.5 Å². The van der Waals surface area contributed by atoms with Crippen molar-refractivity contribution in [2.24, 2.45) is 0 Å². The van der Waals surface area contributed by atoms with Crippen LogP contribution < -0.4 is 10.6 Å². The third-order valence-electron chi connectivity index (χ3n) is 5.16. The molecule has 4 rings (SSSR count). The van der Waals surface area contributed by atoms with Gasteiger partial charge in [0.05, 0.1) is 13.2 Å². The molecule has 0 radical (unpaired) electrons. The number of anilines is 1. The second kappa shape index (κ2) is 9.49. The summed E-state index contributed by atoms with van der Waals surface area (Å²) in [5, 5.41) is 6.01. The molecule has 8 heteroatoms. The Bertz CT molecular complexity index is 1170. The van der Waals surface area contributed by atoms with E-state index in [9.17, 15) is 14.4 Å². The van der Waals surface area contributed by atoms with Crippen LogP contribution >= 0.6 is 0 Å². The predicted molar refractivity (Wildman–Crippen MR) is 120 cm³/mol. The number of nitrogens with one attached hydrogen (secondary N) is 2. The highest BCUT2D eigenvalue weighted by atomic mass is 16.5. The molecule has 8 nitrogen and oxygen atoms in total. The van der Waals surface area contributed by atoms with Gasteiger partial charge in [-0.3, -0.25) is 14.4 Å². The number of nitrogens with zero attached hydrogens (tertiary/aromatic N) is 1. The van der Waals surface area contributed by atoms with Crippen LogP contribution in [0.3, 0.4) is 0 Å². The van der Waals surface area contributed by atoms with Gasteiger partial charge < -0.3 is 24.7 Å². The smallest absolute Gasteiger partial charge is 0.291 e. The van der Waals surface area contributed by atoms with E-state index < -0.39 is 5.91 Å². The van der Waals surface area contributed by atoms with Gasteiger partial charge in [0, 0.05) is 37.2 Å². The Morgan fingerprint density at radius 3 is 2.44 bits per heavy atom. The summed E-state index contributed by atoms with van der Waals surface area (Å²) in [6, 6.07) is 14.0. The minimum atomic E-state index is -0.400. The van der Waals surface area contributed by atoms with Crippen LogP contribution in [0.4, 0.5) is 5.69 Å². The van der Waals surface area contributed by atoms with Gasteiger partial charge in [0.15, 0.2) is 0 Å². The Balaban J connectivity index is 1.55. The number of hydrogen-bond donors (Lipinski definition) is 2. The number of carbonyl (C=O) groups excluding carboxylic acids is 3. The lowest BCUT2D eigenvalue weighted by Crippen LogP contribution is -2.40. The van der Waals surface area contributed by atoms with Crippen molar-refractivity contribution in [3.8, 4) is 0 Å². The van der Waals surface area contributed by atoms with Gasteiger partial charge in [0.1, 0.15) is 11.3 Å². The van der Waals surface area contributed by atoms with E-state index in [2.05, 4.69) is 10.6 Å². The maximum atomic E-state index is 13.0. The van der Waals surface area contributed by atoms with Gasteiger partial charge in [0.2, 0.25) is 11.7 Å². The standard InChI is InChI=1S/C24H23N3O5/c1-25-23(29)17-9-6-16(7-10-17)8-11-20(28)26-21-18-4-2-3-5-19(18)32-22(21)24(30)27-12-14-31-15-13-27/h2-11H,12-15H2,1H3,(H,25,29)(H,26,28)/b11-8+. The molecule has 1 aliphatic rings. The summed E-state index contributed by atoms with van der Waals surface area (Å²) in [5.41, 5.74) is 2.16. The summed E-state index contributed by atoms with van der Waals surface area (Å²) in [6.45, 7) is 1.87. The first-order valence-electron chi connectivity index (χ1n) is 10.3. The lowest BCUT2D eigenvalue weighted by Gasteiger charge is -2.26. The van der Waals surface area contributed by atoms with Gasteiger partial charge in [-0.05, 0) is 35.9 Å². The molecule has 3 aromatic rings. The van der Waals surface area contributed by atoms with Crippen LogP contribution in [0, 0.1) is 0 Å². The van der Waals surface area contributed by atoms with Crippen molar-refractivity contribution < 1.29 is 23.5 Å². The fourth-order valence-corrected chi connectivity index (χ4v) is 3.46. The van der Waals surface area contributed by atoms with Crippen molar-refractivity contribution in [1.29, 1.82) is 0 Å². The van der Waals surface area contributed by atoms with E-state index in [4.69, 9.17) is 9.15 Å². The van der Waals surface area contributed by atoms with Crippen LogP contribution in [0.2, 0.25) is 0 Å². The van der Waals surface area contributed by atoms with Crippen molar-refractivity contribution in [1.82, 2.24) is 10.2 Å². The molecule has 0 spiro atoms. The first-order chi connectivity index (χ1) is 15.6. The van der Waals surface area contributed by atoms with Gasteiger partial charge in [-0.15, -0.1) is 0 Å². The molecule has 0 unspecified atom stereocenters. The zero-order valence-corrected chi connectivity index (χ0v) is 17.6. The normalized spacial score (nSPS) is 14.0. The van der Waals surface area contributed by atoms with Crippen molar-refractivity contribution in [3.05, 3.63) is 71.5 Å². The SMILES string of the molecule is CNC(=O)c1ccc(/C=C/C(=O)Nc2c(C(=O)N3CCOCC3)oc3ccccc23)cc1. The fraction of sp³-hybridized carbons (Fsp3) is 0.208. The van der Waals surface area contributed by atoms with E-state index in [-0.39, 0.29) is 17.6 Å². The number of benzene rings is 2. The summed E-state index contributed by atoms with van der Waals surface area (Å²) in [5.74, 6) is -0.760. The van der Waals surface area contributed by atoms with Crippen molar-refractivity contribution >= 4 is 40.5 Å². The van der Waals surface area contributed by atoms with Gasteiger partial charge in [-0.25, -0.2) is 0 Å². The number of fused-ring (bicyclic) bond motifs is 1. The van der Waals surface area contributed by atoms with Crippen molar-refractivity contribution in [3.63, 3.8) is 0 Å². The van der Waals surface area contributed by atoms with Crippen LogP contribution in [0.5, 0.6) is 0 Å². The largest absolute Gasteiger partial charge is 0.449 e. The zero-order valence-electron chi connectivity index (χ0n) is 17.6. The molecule has 0 atom stereocenters. The quantitative estimate of drug-likeness (QED) is 0.603. The molecule has 3 amide bonds. The number of rotatable bonds is 5. The minimum Gasteiger partial charge on any atom is -0.449 e. The molecule has 0 saturated carbocycles. The molecule has 2 aromatic carbocycles. The second-order valence-electron chi connectivity index (χ2n) is 7.23. The number of hydrogen-bond acceptors (Lipinski definition) is 5. The molecule has 2 N–H and O–H groups in total. The third kappa shape index (κ3) is 4.55. The number of ether oxygens (including phenoxy) is 1. The van der Waals surface area contributed by atoms with Crippen LogP contribution in [-0.4, -0.2) is 56.0 Å². The average molecular weight is 433 g/mol. The molecule has 32 heavy (non-hydrogen) atoms. The monoisotopic (exact) mass is 433 g/mol. The molecular formula is C24H23N3O5. The highest BCUT2D eigenvalue weighted by Gasteiger charge is 2.27. The molecule has 1 aliphatic heterocycles. The Morgan fingerprint density at radius 1 is 1.00 bits per heavy atom. The number of amides is 3. The molecule has 2 heterocycles. The van der Waals surface area contributed by atoms with Crippen molar-refractivity contribution in [2.75, 3.05) is 38.7 Å². The summed E-state index contributed by atoms with van der Waals surface area (Å²) in [4.78, 5) is 39.0. The average Bonchev–Trinajstić information content (AvgIpc) is 3.21. The number of morpholine rings is 1. The molecule has 0 aliphatic carbocycles. The molecule has 1 saturated heterocycles. The highest BCUT2D eigenvalue weighted by molar-refractivity contribution is 6.13. The minimum absolute atomic E-state index is 0.102. The van der Waals surface area contributed by atoms with Gasteiger partial charge in [0.25, 0.3) is 11.8 Å². The Kier molecular flexibility index (Phi) is 6.32. The Hall–Kier alpha value is -3.91. The Labute approximate surface area is 184 Å². The van der Waals surface area contributed by atoms with Crippen LogP contribution in [0.15, 0.2) is 59.0 Å². The summed E-state index contributed by atoms with van der Waals surface area (Å²) >= 11 is 0. The van der Waals surface area contributed by atoms with E-state index in [1.54, 1.807) is 54.4 Å². The van der Waals surface area contributed by atoms with Gasteiger partial charge >= 0.3 is 0 Å². The van der Waals surface area contributed by atoms with E-state index in [1.807, 2.05) is 12.1 Å². The molecule has 164 valence electrons. The highest BCUT2D eigenvalue weighted by Crippen LogP contribution is 2.32. The first kappa shape index (κ1) is 21.3. The first-order valence-corrected chi connectivity index (χ1v) is 10.3. The summed E-state index contributed by atoms with van der Waals surface area (Å²) in [6.07, 6.45) is 3.01. The fourth-order valence-electron chi connectivity index (χ4n) is 3.46. The lowest BCUT2D eigenvalue weighted by molar-refractivity contribution is -0.111. The van der Waals surface area contributed by atoms with E-state index in [1.165, 1.54) is 6.08 Å². The predicted octanol–water partition coefficient (Wildman–Crippen LogP) is 2.92. The zero-order chi connectivity index (χ0) is 22.5. The molecular weight excluding hydrogens is 410 g/mol. The summed E-state index contributed by atoms with van der Waals surface area (Å²) < 4.78 is 11.1. The van der Waals surface area contributed by atoms with E-state index >= 15 is 0 Å². The van der Waals surface area contributed by atoms with Gasteiger partial charge in [-0.2, -0.15) is 0 Å². The second-order valence-corrected chi connectivity index (χ2v) is 7.23. The Morgan fingerprint density at radius 2 is 1.72 bits per heavy atom. The summed E-state index contributed by atoms with van der Waals surface area (Å²) in [7, 11) is 1.57. The lowest BCUT2D eigenvalue weighted by atomic mass is 10.1.